The van der Waals surface area contributed by atoms with Gasteiger partial charge in [0.2, 0.25) is 9.84 Å². The first-order valence-corrected chi connectivity index (χ1v) is 7.41. The van der Waals surface area contributed by atoms with Crippen LogP contribution in [0.2, 0.25) is 0 Å². The number of benzene rings is 2. The average Bonchev–Trinajstić information content (AvgIpc) is 2.39. The van der Waals surface area contributed by atoms with Gasteiger partial charge in [-0.1, -0.05) is 0 Å². The first kappa shape index (κ1) is 14.4. The quantitative estimate of drug-likeness (QED) is 0.838. The summed E-state index contributed by atoms with van der Waals surface area (Å²) < 4.78 is 30.3. The number of sulfone groups is 1. The second-order valence-corrected chi connectivity index (χ2v) is 6.29. The van der Waals surface area contributed by atoms with Gasteiger partial charge >= 0.3 is 0 Å². The third-order valence-electron chi connectivity index (χ3n) is 2.86. The lowest BCUT2D eigenvalue weighted by atomic mass is 10.2. The van der Waals surface area contributed by atoms with Crippen molar-refractivity contribution in [3.63, 3.8) is 0 Å². The third kappa shape index (κ3) is 2.76. The third-order valence-corrected chi connectivity index (χ3v) is 4.73. The van der Waals surface area contributed by atoms with Crippen LogP contribution < -0.4 is 11.5 Å². The summed E-state index contributed by atoms with van der Waals surface area (Å²) in [5.74, 6) is 0. The largest absolute Gasteiger partial charge is 0.399 e. The molecule has 0 aromatic heterocycles. The monoisotopic (exact) mass is 292 g/mol. The minimum atomic E-state index is -3.62. The molecule has 0 aliphatic heterocycles. The Hall–Kier alpha value is -2.05. The number of rotatable bonds is 4. The van der Waals surface area contributed by atoms with Crippen LogP contribution in [-0.2, 0) is 21.2 Å². The highest BCUT2D eigenvalue weighted by Crippen LogP contribution is 2.26. The normalized spacial score (nSPS) is 11.4. The second kappa shape index (κ2) is 5.52. The van der Waals surface area contributed by atoms with E-state index in [-0.39, 0.29) is 16.4 Å². The zero-order chi connectivity index (χ0) is 14.8. The van der Waals surface area contributed by atoms with Crippen molar-refractivity contribution in [3.8, 4) is 0 Å². The molecule has 4 N–H and O–H groups in total. The molecular formula is C14H16N2O3S. The van der Waals surface area contributed by atoms with Crippen molar-refractivity contribution >= 4 is 21.2 Å². The molecule has 0 aliphatic rings. The van der Waals surface area contributed by atoms with Gasteiger partial charge in [0.05, 0.1) is 16.4 Å². The molecule has 0 spiro atoms. The van der Waals surface area contributed by atoms with E-state index in [1.165, 1.54) is 25.3 Å². The summed E-state index contributed by atoms with van der Waals surface area (Å²) in [6.45, 7) is 0.175. The van der Waals surface area contributed by atoms with E-state index in [9.17, 15) is 8.42 Å². The van der Waals surface area contributed by atoms with Crippen molar-refractivity contribution in [1.29, 1.82) is 0 Å². The summed E-state index contributed by atoms with van der Waals surface area (Å²) in [5, 5.41) is 0. The topological polar surface area (TPSA) is 95.4 Å². The van der Waals surface area contributed by atoms with Crippen LogP contribution in [0.3, 0.4) is 0 Å². The lowest BCUT2D eigenvalue weighted by molar-refractivity contribution is 0.183. The van der Waals surface area contributed by atoms with Crippen LogP contribution in [0.25, 0.3) is 0 Å². The molecule has 0 heterocycles. The smallest absolute Gasteiger partial charge is 0.206 e. The van der Waals surface area contributed by atoms with E-state index in [0.717, 1.165) is 0 Å². The standard InChI is InChI=1S/C14H16N2O3S/c1-19-9-10-8-12(16)4-7-14(10)20(17,18)13-5-2-11(15)3-6-13/h2-8H,9,15-16H2,1H3. The molecule has 106 valence electrons. The van der Waals surface area contributed by atoms with E-state index in [1.54, 1.807) is 24.3 Å². The van der Waals surface area contributed by atoms with E-state index in [0.29, 0.717) is 16.9 Å². The minimum Gasteiger partial charge on any atom is -0.399 e. The van der Waals surface area contributed by atoms with E-state index in [2.05, 4.69) is 0 Å². The van der Waals surface area contributed by atoms with Crippen molar-refractivity contribution in [2.24, 2.45) is 0 Å². The fraction of sp³-hybridized carbons (Fsp3) is 0.143. The SMILES string of the molecule is COCc1cc(N)ccc1S(=O)(=O)c1ccc(N)cc1. The van der Waals surface area contributed by atoms with E-state index in [1.807, 2.05) is 0 Å². The number of methoxy groups -OCH3 is 1. The van der Waals surface area contributed by atoms with Gasteiger partial charge < -0.3 is 16.2 Å². The Morgan fingerprint density at radius 3 is 2.20 bits per heavy atom. The van der Waals surface area contributed by atoms with Crippen LogP contribution in [0.5, 0.6) is 0 Å². The fourth-order valence-corrected chi connectivity index (χ4v) is 3.36. The first-order valence-electron chi connectivity index (χ1n) is 5.93. The Bertz CT molecular complexity index is 710. The molecule has 0 saturated carbocycles. The molecule has 0 bridgehead atoms. The number of anilines is 2. The van der Waals surface area contributed by atoms with Gasteiger partial charge in [0, 0.05) is 18.5 Å². The number of nitrogen functional groups attached to an aromatic ring is 2. The average molecular weight is 292 g/mol. The molecule has 0 atom stereocenters. The van der Waals surface area contributed by atoms with Gasteiger partial charge in [0.15, 0.2) is 0 Å². The summed E-state index contributed by atoms with van der Waals surface area (Å²) in [6, 6.07) is 10.7. The summed E-state index contributed by atoms with van der Waals surface area (Å²) in [6.07, 6.45) is 0. The van der Waals surface area contributed by atoms with Crippen molar-refractivity contribution in [3.05, 3.63) is 48.0 Å². The minimum absolute atomic E-state index is 0.175. The Labute approximate surface area is 118 Å². The fourth-order valence-electron chi connectivity index (χ4n) is 1.90. The molecule has 0 aliphatic carbocycles. The van der Waals surface area contributed by atoms with Gasteiger partial charge in [-0.3, -0.25) is 0 Å². The summed E-state index contributed by atoms with van der Waals surface area (Å²) >= 11 is 0. The van der Waals surface area contributed by atoms with Crippen LogP contribution in [0, 0.1) is 0 Å². The molecule has 2 aromatic rings. The highest BCUT2D eigenvalue weighted by molar-refractivity contribution is 7.91. The second-order valence-electron chi connectivity index (χ2n) is 4.37. The van der Waals surface area contributed by atoms with Crippen molar-refractivity contribution in [1.82, 2.24) is 0 Å². The highest BCUT2D eigenvalue weighted by Gasteiger charge is 2.21. The number of hydrogen-bond donors (Lipinski definition) is 2. The lowest BCUT2D eigenvalue weighted by Crippen LogP contribution is -2.07. The molecule has 0 saturated heterocycles. The summed E-state index contributed by atoms with van der Waals surface area (Å²) in [7, 11) is -2.11. The number of ether oxygens (including phenoxy) is 1. The number of hydrogen-bond acceptors (Lipinski definition) is 5. The molecule has 0 amide bonds. The first-order chi connectivity index (χ1) is 9.45. The summed E-state index contributed by atoms with van der Waals surface area (Å²) in [5.41, 5.74) is 12.8. The lowest BCUT2D eigenvalue weighted by Gasteiger charge is -2.11. The van der Waals surface area contributed by atoms with Crippen LogP contribution in [0.1, 0.15) is 5.56 Å². The van der Waals surface area contributed by atoms with Crippen LogP contribution in [0.4, 0.5) is 11.4 Å². The van der Waals surface area contributed by atoms with Gasteiger partial charge in [-0.05, 0) is 48.0 Å². The van der Waals surface area contributed by atoms with Crippen LogP contribution in [-0.4, -0.2) is 15.5 Å². The van der Waals surface area contributed by atoms with Gasteiger partial charge in [-0.2, -0.15) is 0 Å². The van der Waals surface area contributed by atoms with Crippen molar-refractivity contribution < 1.29 is 13.2 Å². The number of nitrogens with two attached hydrogens (primary N) is 2. The predicted octanol–water partition coefficient (Wildman–Crippen LogP) is 1.83. The van der Waals surface area contributed by atoms with E-state index < -0.39 is 9.84 Å². The van der Waals surface area contributed by atoms with Gasteiger partial charge in [0.1, 0.15) is 0 Å². The molecule has 0 radical (unpaired) electrons. The van der Waals surface area contributed by atoms with E-state index in [4.69, 9.17) is 16.2 Å². The van der Waals surface area contributed by atoms with Crippen molar-refractivity contribution in [2.45, 2.75) is 16.4 Å². The molecule has 2 rings (SSSR count). The van der Waals surface area contributed by atoms with Crippen molar-refractivity contribution in [2.75, 3.05) is 18.6 Å². The predicted molar refractivity (Wildman–Crippen MR) is 77.9 cm³/mol. The zero-order valence-electron chi connectivity index (χ0n) is 11.0. The maximum Gasteiger partial charge on any atom is 0.206 e. The van der Waals surface area contributed by atoms with E-state index >= 15 is 0 Å². The Balaban J connectivity index is 2.57. The molecule has 20 heavy (non-hydrogen) atoms. The van der Waals surface area contributed by atoms with Gasteiger partial charge in [-0.15, -0.1) is 0 Å². The zero-order valence-corrected chi connectivity index (χ0v) is 11.9. The maximum atomic E-state index is 12.6. The molecule has 2 aromatic carbocycles. The molecule has 6 heteroatoms. The molecular weight excluding hydrogens is 276 g/mol. The van der Waals surface area contributed by atoms with Gasteiger partial charge in [-0.25, -0.2) is 8.42 Å². The Morgan fingerprint density at radius 1 is 1.00 bits per heavy atom. The maximum absolute atomic E-state index is 12.6. The molecule has 0 fully saturated rings. The summed E-state index contributed by atoms with van der Waals surface area (Å²) in [4.78, 5) is 0.382. The van der Waals surface area contributed by atoms with Crippen LogP contribution in [0.15, 0.2) is 52.3 Å². The Kier molecular flexibility index (Phi) is 3.96. The van der Waals surface area contributed by atoms with Crippen LogP contribution >= 0.6 is 0 Å². The Morgan fingerprint density at radius 2 is 1.60 bits per heavy atom. The van der Waals surface area contributed by atoms with Gasteiger partial charge in [0.25, 0.3) is 0 Å². The molecule has 0 unspecified atom stereocenters. The highest BCUT2D eigenvalue weighted by atomic mass is 32.2. The molecule has 5 nitrogen and oxygen atoms in total.